The molecule has 0 radical (unpaired) electrons. The van der Waals surface area contributed by atoms with Crippen LogP contribution in [0.5, 0.6) is 34.5 Å². The van der Waals surface area contributed by atoms with Crippen LogP contribution in [0.15, 0.2) is 79.1 Å². The highest BCUT2D eigenvalue weighted by Crippen LogP contribution is 2.38. The van der Waals surface area contributed by atoms with Gasteiger partial charge in [-0.1, -0.05) is 0 Å². The van der Waals surface area contributed by atoms with Crippen molar-refractivity contribution in [2.24, 2.45) is 0 Å². The average Bonchev–Trinajstić information content (AvgIpc) is 3.14. The molecule has 50 heavy (non-hydrogen) atoms. The van der Waals surface area contributed by atoms with Crippen molar-refractivity contribution in [1.29, 1.82) is 0 Å². The lowest BCUT2D eigenvalue weighted by Crippen LogP contribution is -2.44. The maximum Gasteiger partial charge on any atom is 0.274 e. The molecule has 0 aliphatic carbocycles. The van der Waals surface area contributed by atoms with Crippen LogP contribution in [0, 0.1) is 5.82 Å². The largest absolute Gasteiger partial charge is 0.497 e. The van der Waals surface area contributed by atoms with Crippen LogP contribution in [0.2, 0.25) is 0 Å². The van der Waals surface area contributed by atoms with Crippen LogP contribution in [-0.4, -0.2) is 93.4 Å². The van der Waals surface area contributed by atoms with Crippen LogP contribution in [-0.2, 0) is 0 Å². The summed E-state index contributed by atoms with van der Waals surface area (Å²) < 4.78 is 43.9. The van der Waals surface area contributed by atoms with Gasteiger partial charge in [-0.15, -0.1) is 0 Å². The molecule has 5 aromatic rings. The molecule has 12 heteroatoms. The average molecular weight is 682 g/mol. The van der Waals surface area contributed by atoms with E-state index in [0.29, 0.717) is 46.3 Å². The molecule has 0 saturated carbocycles. The van der Waals surface area contributed by atoms with Gasteiger partial charge in [0.25, 0.3) is 5.91 Å². The molecule has 1 aliphatic rings. The lowest BCUT2D eigenvalue weighted by Gasteiger charge is -2.32. The molecule has 1 fully saturated rings. The van der Waals surface area contributed by atoms with E-state index in [1.165, 1.54) is 18.3 Å². The first-order valence-corrected chi connectivity index (χ1v) is 16.3. The Kier molecular flexibility index (Phi) is 10.9. The molecule has 0 unspecified atom stereocenters. The first-order valence-electron chi connectivity index (χ1n) is 16.3. The predicted octanol–water partition coefficient (Wildman–Crippen LogP) is 6.52. The number of pyridine rings is 2. The summed E-state index contributed by atoms with van der Waals surface area (Å²) >= 11 is 0. The summed E-state index contributed by atoms with van der Waals surface area (Å²) in [6.07, 6.45) is 4.01. The summed E-state index contributed by atoms with van der Waals surface area (Å²) in [5, 5.41) is 3.34. The van der Waals surface area contributed by atoms with Gasteiger partial charge in [0.05, 0.1) is 33.5 Å². The van der Waals surface area contributed by atoms with Crippen molar-refractivity contribution < 1.29 is 32.9 Å². The molecule has 0 atom stereocenters. The summed E-state index contributed by atoms with van der Waals surface area (Å²) in [6, 6.07) is 18.3. The number of amides is 1. The van der Waals surface area contributed by atoms with Crippen LogP contribution >= 0.6 is 0 Å². The number of carbonyl (C=O) groups is 1. The van der Waals surface area contributed by atoms with E-state index in [9.17, 15) is 4.79 Å². The number of hydrogen-bond donors (Lipinski definition) is 1. The van der Waals surface area contributed by atoms with E-state index in [4.69, 9.17) is 23.7 Å². The molecule has 1 amide bonds. The number of benzene rings is 3. The number of piperazine rings is 1. The SMILES string of the molecule is COc1ccc(-c2ccnc(C(=O)Nc3ccc(Oc4ccnc5cc(OCCCN6CCN(C)CC6)c(OC)cc45)c(F)c3)c2)c(OC)c1. The van der Waals surface area contributed by atoms with Crippen LogP contribution in [0.1, 0.15) is 16.9 Å². The highest BCUT2D eigenvalue weighted by molar-refractivity contribution is 6.03. The monoisotopic (exact) mass is 681 g/mol. The molecule has 11 nitrogen and oxygen atoms in total. The third-order valence-corrected chi connectivity index (χ3v) is 8.58. The van der Waals surface area contributed by atoms with E-state index in [1.807, 2.05) is 6.07 Å². The number of fused-ring (bicyclic) bond motifs is 1. The second-order valence-corrected chi connectivity index (χ2v) is 11.9. The zero-order chi connectivity index (χ0) is 35.0. The zero-order valence-electron chi connectivity index (χ0n) is 28.6. The minimum absolute atomic E-state index is 0.0228. The van der Waals surface area contributed by atoms with Crippen molar-refractivity contribution in [3.8, 4) is 45.6 Å². The number of nitrogens with one attached hydrogen (secondary N) is 1. The van der Waals surface area contributed by atoms with Crippen LogP contribution in [0.3, 0.4) is 0 Å². The first kappa shape index (κ1) is 34.4. The second kappa shape index (κ2) is 15.8. The number of nitrogens with zero attached hydrogens (tertiary/aromatic N) is 4. The molecule has 1 aliphatic heterocycles. The lowest BCUT2D eigenvalue weighted by atomic mass is 10.0. The van der Waals surface area contributed by atoms with Gasteiger partial charge in [-0.2, -0.15) is 0 Å². The van der Waals surface area contributed by atoms with E-state index in [0.717, 1.165) is 50.3 Å². The Morgan fingerprint density at radius 3 is 2.36 bits per heavy atom. The normalized spacial score (nSPS) is 13.5. The Balaban J connectivity index is 1.12. The van der Waals surface area contributed by atoms with E-state index in [1.54, 1.807) is 76.1 Å². The minimum Gasteiger partial charge on any atom is -0.497 e. The number of anilines is 1. The maximum absolute atomic E-state index is 15.4. The summed E-state index contributed by atoms with van der Waals surface area (Å²) in [5.74, 6) is 1.54. The number of aromatic nitrogens is 2. The van der Waals surface area contributed by atoms with Crippen molar-refractivity contribution in [3.63, 3.8) is 0 Å². The van der Waals surface area contributed by atoms with Crippen LogP contribution in [0.4, 0.5) is 10.1 Å². The van der Waals surface area contributed by atoms with Crippen molar-refractivity contribution in [3.05, 3.63) is 90.6 Å². The number of carbonyl (C=O) groups excluding carboxylic acids is 1. The smallest absolute Gasteiger partial charge is 0.274 e. The highest BCUT2D eigenvalue weighted by atomic mass is 19.1. The van der Waals surface area contributed by atoms with Gasteiger partial charge in [0, 0.05) is 80.0 Å². The Morgan fingerprint density at radius 2 is 1.60 bits per heavy atom. The molecule has 1 saturated heterocycles. The van der Waals surface area contributed by atoms with Gasteiger partial charge in [-0.05, 0) is 67.6 Å². The topological polar surface area (TPSA) is 108 Å². The van der Waals surface area contributed by atoms with Crippen molar-refractivity contribution >= 4 is 22.5 Å². The van der Waals surface area contributed by atoms with Gasteiger partial charge >= 0.3 is 0 Å². The fourth-order valence-corrected chi connectivity index (χ4v) is 5.77. The molecule has 6 rings (SSSR count). The van der Waals surface area contributed by atoms with Crippen molar-refractivity contribution in [1.82, 2.24) is 19.8 Å². The molecule has 0 bridgehead atoms. The quantitative estimate of drug-likeness (QED) is 0.138. The highest BCUT2D eigenvalue weighted by Gasteiger charge is 2.17. The van der Waals surface area contributed by atoms with Gasteiger partial charge in [-0.25, -0.2) is 4.39 Å². The maximum atomic E-state index is 15.4. The molecule has 0 spiro atoms. The number of methoxy groups -OCH3 is 3. The summed E-state index contributed by atoms with van der Waals surface area (Å²) in [4.78, 5) is 26.6. The lowest BCUT2D eigenvalue weighted by molar-refractivity contribution is 0.102. The standard InChI is InChI=1S/C38H40FN5O6/c1-43-15-17-44(18-16-43)14-5-19-49-37-24-31-29(23-36(37)48-4)33(11-13-40-31)50-34-9-6-26(21-30(34)39)42-38(45)32-20-25(10-12-41-32)28-8-7-27(46-2)22-35(28)47-3/h6-13,20-24H,5,14-19H2,1-4H3,(H,42,45). The molecular formula is C38H40FN5O6. The second-order valence-electron chi connectivity index (χ2n) is 11.9. The molecule has 2 aromatic heterocycles. The predicted molar refractivity (Wildman–Crippen MR) is 190 cm³/mol. The number of ether oxygens (including phenoxy) is 5. The fourth-order valence-electron chi connectivity index (χ4n) is 5.77. The van der Waals surface area contributed by atoms with Crippen LogP contribution < -0.4 is 29.0 Å². The van der Waals surface area contributed by atoms with Crippen molar-refractivity contribution in [2.75, 3.05) is 73.0 Å². The van der Waals surface area contributed by atoms with E-state index < -0.39 is 11.7 Å². The molecular weight excluding hydrogens is 641 g/mol. The molecule has 260 valence electrons. The Labute approximate surface area is 290 Å². The fraction of sp³-hybridized carbons (Fsp3) is 0.289. The van der Waals surface area contributed by atoms with Gasteiger partial charge in [0.15, 0.2) is 23.1 Å². The third-order valence-electron chi connectivity index (χ3n) is 8.58. The molecule has 3 heterocycles. The van der Waals surface area contributed by atoms with E-state index >= 15 is 4.39 Å². The zero-order valence-corrected chi connectivity index (χ0v) is 28.6. The summed E-state index contributed by atoms with van der Waals surface area (Å²) in [5.41, 5.74) is 2.49. The van der Waals surface area contributed by atoms with Gasteiger partial charge in [0.1, 0.15) is 22.9 Å². The third kappa shape index (κ3) is 8.04. The number of halogens is 1. The van der Waals surface area contributed by atoms with E-state index in [2.05, 4.69) is 32.1 Å². The van der Waals surface area contributed by atoms with Crippen LogP contribution in [0.25, 0.3) is 22.0 Å². The van der Waals surface area contributed by atoms with E-state index in [-0.39, 0.29) is 17.1 Å². The Bertz CT molecular complexity index is 1970. The molecule has 1 N–H and O–H groups in total. The van der Waals surface area contributed by atoms with Crippen molar-refractivity contribution in [2.45, 2.75) is 6.42 Å². The Morgan fingerprint density at radius 1 is 0.800 bits per heavy atom. The number of likely N-dealkylation sites (N-methyl/N-ethyl adjacent to an activating group) is 1. The minimum atomic E-state index is -0.662. The number of rotatable bonds is 13. The van der Waals surface area contributed by atoms with Gasteiger partial charge in [-0.3, -0.25) is 14.8 Å². The number of hydrogen-bond acceptors (Lipinski definition) is 10. The van der Waals surface area contributed by atoms with Gasteiger partial charge < -0.3 is 38.8 Å². The summed E-state index contributed by atoms with van der Waals surface area (Å²) in [6.45, 7) is 5.80. The Hall–Kier alpha value is -5.46. The van der Waals surface area contributed by atoms with Gasteiger partial charge in [0.2, 0.25) is 0 Å². The molecule has 3 aromatic carbocycles. The first-order chi connectivity index (χ1) is 24.3. The summed E-state index contributed by atoms with van der Waals surface area (Å²) in [7, 11) is 6.86.